The van der Waals surface area contributed by atoms with Gasteiger partial charge < -0.3 is 14.8 Å². The number of aromatic nitrogens is 3. The van der Waals surface area contributed by atoms with Crippen LogP contribution in [0.4, 0.5) is 0 Å². The van der Waals surface area contributed by atoms with Gasteiger partial charge in [0.1, 0.15) is 12.2 Å². The topological polar surface area (TPSA) is 58.3 Å². The zero-order valence-corrected chi connectivity index (χ0v) is 17.1. The molecule has 25 heavy (non-hydrogen) atoms. The van der Waals surface area contributed by atoms with Gasteiger partial charge in [-0.15, -0.1) is 10.2 Å². The molecular weight excluding hydrogens is 332 g/mol. The average molecular weight is 367 g/mol. The molecule has 1 fully saturated rings. The highest BCUT2D eigenvalue weighted by molar-refractivity contribution is 7.98. The van der Waals surface area contributed by atoms with Crippen molar-refractivity contribution in [1.82, 2.24) is 25.0 Å². The maximum atomic E-state index is 4.89. The van der Waals surface area contributed by atoms with Crippen LogP contribution in [0.5, 0.6) is 0 Å². The Morgan fingerprint density at radius 1 is 1.36 bits per heavy atom. The van der Waals surface area contributed by atoms with Crippen LogP contribution in [0, 0.1) is 11.8 Å². The van der Waals surface area contributed by atoms with E-state index in [0.29, 0.717) is 0 Å². The first-order valence-electron chi connectivity index (χ1n) is 9.52. The molecule has 1 aromatic heterocycles. The molecule has 2 atom stereocenters. The maximum Gasteiger partial charge on any atom is 0.194 e. The van der Waals surface area contributed by atoms with Crippen molar-refractivity contribution >= 4 is 17.7 Å². The number of aliphatic imine (C=N–C) groups is 1. The summed E-state index contributed by atoms with van der Waals surface area (Å²) in [6.07, 6.45) is 7.34. The molecule has 0 aliphatic carbocycles. The van der Waals surface area contributed by atoms with E-state index in [0.717, 1.165) is 69.2 Å². The quantitative estimate of drug-likeness (QED) is 0.435. The van der Waals surface area contributed by atoms with Crippen LogP contribution in [0.15, 0.2) is 11.3 Å². The molecule has 2 unspecified atom stereocenters. The highest BCUT2D eigenvalue weighted by atomic mass is 32.2. The van der Waals surface area contributed by atoms with Gasteiger partial charge in [0.05, 0.1) is 0 Å². The number of rotatable bonds is 8. The van der Waals surface area contributed by atoms with Crippen LogP contribution in [0.1, 0.15) is 39.4 Å². The highest BCUT2D eigenvalue weighted by Gasteiger charge is 2.24. The van der Waals surface area contributed by atoms with Gasteiger partial charge >= 0.3 is 0 Å². The van der Waals surface area contributed by atoms with E-state index in [2.05, 4.69) is 52.0 Å². The fourth-order valence-electron chi connectivity index (χ4n) is 3.53. The third-order valence-electron chi connectivity index (χ3n) is 4.58. The lowest BCUT2D eigenvalue weighted by atomic mass is 9.92. The van der Waals surface area contributed by atoms with E-state index < -0.39 is 0 Å². The summed E-state index contributed by atoms with van der Waals surface area (Å²) in [5, 5.41) is 11.8. The molecule has 0 amide bonds. The van der Waals surface area contributed by atoms with E-state index in [1.165, 1.54) is 12.2 Å². The molecule has 1 aromatic rings. The third-order valence-corrected chi connectivity index (χ3v) is 5.28. The second-order valence-electron chi connectivity index (χ2n) is 7.12. The van der Waals surface area contributed by atoms with E-state index >= 15 is 0 Å². The minimum absolute atomic E-state index is 0.728. The van der Waals surface area contributed by atoms with E-state index in [1.54, 1.807) is 0 Å². The molecule has 0 radical (unpaired) electrons. The Morgan fingerprint density at radius 3 is 2.80 bits per heavy atom. The SMILES string of the molecule is CCc1nncn1CCNC(=NCCCSC)N1CC(C)CC(C)C1. The first-order valence-corrected chi connectivity index (χ1v) is 10.9. The lowest BCUT2D eigenvalue weighted by Crippen LogP contribution is -2.49. The Morgan fingerprint density at radius 2 is 2.12 bits per heavy atom. The Bertz CT molecular complexity index is 519. The number of thioether (sulfide) groups is 1. The molecule has 0 bridgehead atoms. The molecule has 2 heterocycles. The van der Waals surface area contributed by atoms with Crippen LogP contribution >= 0.6 is 11.8 Å². The Hall–Kier alpha value is -1.24. The van der Waals surface area contributed by atoms with Gasteiger partial charge in [0, 0.05) is 39.1 Å². The molecule has 1 N–H and O–H groups in total. The van der Waals surface area contributed by atoms with Crippen LogP contribution in [0.25, 0.3) is 0 Å². The first kappa shape index (κ1) is 20.1. The van der Waals surface area contributed by atoms with Crippen LogP contribution in [0.2, 0.25) is 0 Å². The zero-order valence-electron chi connectivity index (χ0n) is 16.2. The minimum Gasteiger partial charge on any atom is -0.354 e. The van der Waals surface area contributed by atoms with Crippen molar-refractivity contribution in [3.8, 4) is 0 Å². The van der Waals surface area contributed by atoms with Crippen LogP contribution in [-0.4, -0.2) is 63.8 Å². The fraction of sp³-hybridized carbons (Fsp3) is 0.833. The second kappa shape index (κ2) is 10.7. The summed E-state index contributed by atoms with van der Waals surface area (Å²) in [4.78, 5) is 7.34. The molecule has 7 heteroatoms. The summed E-state index contributed by atoms with van der Waals surface area (Å²) in [6, 6.07) is 0. The lowest BCUT2D eigenvalue weighted by molar-refractivity contribution is 0.208. The van der Waals surface area contributed by atoms with Crippen molar-refractivity contribution in [1.29, 1.82) is 0 Å². The molecule has 2 rings (SSSR count). The van der Waals surface area contributed by atoms with Crippen LogP contribution in [-0.2, 0) is 13.0 Å². The van der Waals surface area contributed by atoms with Gasteiger partial charge in [-0.25, -0.2) is 0 Å². The van der Waals surface area contributed by atoms with E-state index in [-0.39, 0.29) is 0 Å². The molecule has 0 saturated carbocycles. The Labute approximate surface area is 156 Å². The maximum absolute atomic E-state index is 4.89. The summed E-state index contributed by atoms with van der Waals surface area (Å²) in [7, 11) is 0. The van der Waals surface area contributed by atoms with Crippen molar-refractivity contribution < 1.29 is 0 Å². The van der Waals surface area contributed by atoms with Crippen LogP contribution < -0.4 is 5.32 Å². The number of piperidine rings is 1. The summed E-state index contributed by atoms with van der Waals surface area (Å²) < 4.78 is 2.12. The van der Waals surface area contributed by atoms with Gasteiger partial charge in [-0.05, 0) is 36.7 Å². The lowest BCUT2D eigenvalue weighted by Gasteiger charge is -2.37. The number of nitrogens with zero attached hydrogens (tertiary/aromatic N) is 5. The number of nitrogens with one attached hydrogen (secondary N) is 1. The van der Waals surface area contributed by atoms with Gasteiger partial charge in [-0.2, -0.15) is 11.8 Å². The standard InChI is InChI=1S/C18H34N6S/c1-5-17-22-21-14-23(17)9-8-20-18(19-7-6-10-25-4)24-12-15(2)11-16(3)13-24/h14-16H,5-13H2,1-4H3,(H,19,20). The van der Waals surface area contributed by atoms with Crippen molar-refractivity contribution in [2.45, 2.75) is 46.6 Å². The minimum atomic E-state index is 0.728. The largest absolute Gasteiger partial charge is 0.354 e. The molecule has 142 valence electrons. The third kappa shape index (κ3) is 6.53. The molecule has 1 aliphatic rings. The Balaban J connectivity index is 1.93. The molecule has 1 aliphatic heterocycles. The molecule has 1 saturated heterocycles. The summed E-state index contributed by atoms with van der Waals surface area (Å²) in [5.41, 5.74) is 0. The second-order valence-corrected chi connectivity index (χ2v) is 8.11. The normalized spacial score (nSPS) is 21.6. The molecular formula is C18H34N6S. The molecule has 0 spiro atoms. The first-order chi connectivity index (χ1) is 12.1. The Kier molecular flexibility index (Phi) is 8.58. The number of likely N-dealkylation sites (tertiary alicyclic amines) is 1. The van der Waals surface area contributed by atoms with Crippen molar-refractivity contribution in [3.05, 3.63) is 12.2 Å². The van der Waals surface area contributed by atoms with Gasteiger partial charge in [0.25, 0.3) is 0 Å². The predicted octanol–water partition coefficient (Wildman–Crippen LogP) is 2.52. The number of aryl methyl sites for hydroxylation is 1. The van der Waals surface area contributed by atoms with E-state index in [4.69, 9.17) is 4.99 Å². The smallest absolute Gasteiger partial charge is 0.194 e. The summed E-state index contributed by atoms with van der Waals surface area (Å²) in [6.45, 7) is 11.6. The van der Waals surface area contributed by atoms with Crippen molar-refractivity contribution in [2.75, 3.05) is 38.2 Å². The van der Waals surface area contributed by atoms with E-state index in [1.807, 2.05) is 18.1 Å². The average Bonchev–Trinajstić information content (AvgIpc) is 3.03. The number of guanidine groups is 1. The zero-order chi connectivity index (χ0) is 18.1. The molecule has 6 nitrogen and oxygen atoms in total. The van der Waals surface area contributed by atoms with Gasteiger partial charge in [-0.3, -0.25) is 4.99 Å². The number of hydrogen-bond donors (Lipinski definition) is 1. The van der Waals surface area contributed by atoms with E-state index in [9.17, 15) is 0 Å². The number of hydrogen-bond acceptors (Lipinski definition) is 4. The van der Waals surface area contributed by atoms with Gasteiger partial charge in [0.2, 0.25) is 0 Å². The monoisotopic (exact) mass is 366 g/mol. The van der Waals surface area contributed by atoms with Crippen molar-refractivity contribution in [2.24, 2.45) is 16.8 Å². The predicted molar refractivity (Wildman–Crippen MR) is 107 cm³/mol. The van der Waals surface area contributed by atoms with Gasteiger partial charge in [0.15, 0.2) is 5.96 Å². The summed E-state index contributed by atoms with van der Waals surface area (Å²) >= 11 is 1.89. The fourth-order valence-corrected chi connectivity index (χ4v) is 3.94. The molecule has 0 aromatic carbocycles. The van der Waals surface area contributed by atoms with Crippen LogP contribution in [0.3, 0.4) is 0 Å². The van der Waals surface area contributed by atoms with Crippen molar-refractivity contribution in [3.63, 3.8) is 0 Å². The van der Waals surface area contributed by atoms with Gasteiger partial charge in [-0.1, -0.05) is 20.8 Å². The highest BCUT2D eigenvalue weighted by Crippen LogP contribution is 2.20. The summed E-state index contributed by atoms with van der Waals surface area (Å²) in [5.74, 6) is 4.74.